The Hall–Kier alpha value is -2.86. The lowest BCUT2D eigenvalue weighted by molar-refractivity contribution is -0.139. The van der Waals surface area contributed by atoms with Crippen LogP contribution < -0.4 is 0 Å². The van der Waals surface area contributed by atoms with Gasteiger partial charge in [0.1, 0.15) is 6.61 Å². The van der Waals surface area contributed by atoms with Crippen molar-refractivity contribution < 1.29 is 17.9 Å². The van der Waals surface area contributed by atoms with Crippen molar-refractivity contribution in [1.82, 2.24) is 4.90 Å². The standard InChI is InChI=1S/C23H25NO4S/c1-19-11-13-21(14-12-19)29(26,27)22(10-7-17-24-15-5-6-16-24)23(25)28-18-20-8-3-2-4-9-20/h2-4,7-14,17H,5-6,15-16,18H2,1H3/b17-7-,22-10+. The molecule has 1 fully saturated rings. The second-order valence-electron chi connectivity index (χ2n) is 6.99. The zero-order chi connectivity index (χ0) is 20.7. The van der Waals surface area contributed by atoms with Gasteiger partial charge in [-0.15, -0.1) is 0 Å². The van der Waals surface area contributed by atoms with Gasteiger partial charge in [-0.25, -0.2) is 13.2 Å². The molecule has 1 saturated heterocycles. The van der Waals surface area contributed by atoms with Crippen molar-refractivity contribution in [3.63, 3.8) is 0 Å². The number of carbonyl (C=O) groups excluding carboxylic acids is 1. The lowest BCUT2D eigenvalue weighted by Crippen LogP contribution is -2.17. The van der Waals surface area contributed by atoms with Gasteiger partial charge in [-0.3, -0.25) is 0 Å². The van der Waals surface area contributed by atoms with Crippen LogP contribution in [0.1, 0.15) is 24.0 Å². The largest absolute Gasteiger partial charge is 0.457 e. The minimum Gasteiger partial charge on any atom is -0.457 e. The highest BCUT2D eigenvalue weighted by Crippen LogP contribution is 2.22. The maximum atomic E-state index is 13.1. The van der Waals surface area contributed by atoms with Gasteiger partial charge in [0, 0.05) is 13.1 Å². The molecular weight excluding hydrogens is 386 g/mol. The quantitative estimate of drug-likeness (QED) is 0.391. The number of sulfone groups is 1. The molecule has 0 unspecified atom stereocenters. The first kappa shape index (κ1) is 20.9. The number of rotatable bonds is 7. The van der Waals surface area contributed by atoms with E-state index in [0.29, 0.717) is 0 Å². The number of nitrogens with zero attached hydrogens (tertiary/aromatic N) is 1. The number of allylic oxidation sites excluding steroid dienone is 2. The van der Waals surface area contributed by atoms with E-state index in [1.165, 1.54) is 18.2 Å². The fourth-order valence-electron chi connectivity index (χ4n) is 3.05. The van der Waals surface area contributed by atoms with Crippen molar-refractivity contribution in [2.75, 3.05) is 13.1 Å². The molecular formula is C23H25NO4S. The van der Waals surface area contributed by atoms with Crippen LogP contribution in [-0.4, -0.2) is 32.4 Å². The molecule has 0 amide bonds. The molecule has 2 aromatic carbocycles. The minimum atomic E-state index is -4.00. The highest BCUT2D eigenvalue weighted by molar-refractivity contribution is 7.96. The first-order valence-electron chi connectivity index (χ1n) is 9.62. The molecule has 0 N–H and O–H groups in total. The number of esters is 1. The average Bonchev–Trinajstić information content (AvgIpc) is 3.24. The van der Waals surface area contributed by atoms with Crippen molar-refractivity contribution in [3.8, 4) is 0 Å². The monoisotopic (exact) mass is 411 g/mol. The van der Waals surface area contributed by atoms with Crippen molar-refractivity contribution >= 4 is 15.8 Å². The van der Waals surface area contributed by atoms with E-state index in [1.807, 2.05) is 43.5 Å². The van der Waals surface area contributed by atoms with Crippen LogP contribution in [0.25, 0.3) is 0 Å². The third-order valence-corrected chi connectivity index (χ3v) is 6.49. The van der Waals surface area contributed by atoms with E-state index in [9.17, 15) is 13.2 Å². The van der Waals surface area contributed by atoms with E-state index in [4.69, 9.17) is 4.74 Å². The molecule has 0 aromatic heterocycles. The number of hydrogen-bond acceptors (Lipinski definition) is 5. The molecule has 3 rings (SSSR count). The molecule has 1 aliphatic rings. The van der Waals surface area contributed by atoms with E-state index >= 15 is 0 Å². The Kier molecular flexibility index (Phi) is 6.88. The van der Waals surface area contributed by atoms with Crippen molar-refractivity contribution in [2.24, 2.45) is 0 Å². The lowest BCUT2D eigenvalue weighted by Gasteiger charge is -2.11. The Morgan fingerprint density at radius 2 is 1.69 bits per heavy atom. The van der Waals surface area contributed by atoms with Crippen LogP contribution in [0.3, 0.4) is 0 Å². The summed E-state index contributed by atoms with van der Waals surface area (Å²) in [5.74, 6) is -0.861. The van der Waals surface area contributed by atoms with Crippen molar-refractivity contribution in [1.29, 1.82) is 0 Å². The van der Waals surface area contributed by atoms with Crippen LogP contribution >= 0.6 is 0 Å². The van der Waals surface area contributed by atoms with E-state index < -0.39 is 15.8 Å². The van der Waals surface area contributed by atoms with E-state index in [1.54, 1.807) is 18.2 Å². The van der Waals surface area contributed by atoms with Gasteiger partial charge in [0.05, 0.1) is 4.90 Å². The van der Waals surface area contributed by atoms with Crippen LogP contribution in [0, 0.1) is 6.92 Å². The first-order chi connectivity index (χ1) is 14.0. The lowest BCUT2D eigenvalue weighted by atomic mass is 10.2. The Morgan fingerprint density at radius 1 is 1.03 bits per heavy atom. The SMILES string of the molecule is Cc1ccc(S(=O)(=O)/C(=C/C=C\N2CCCC2)C(=O)OCc2ccccc2)cc1. The Bertz CT molecular complexity index is 987. The zero-order valence-corrected chi connectivity index (χ0v) is 17.3. The van der Waals surface area contributed by atoms with Crippen LogP contribution in [0.4, 0.5) is 0 Å². The van der Waals surface area contributed by atoms with Gasteiger partial charge >= 0.3 is 5.97 Å². The number of likely N-dealkylation sites (tertiary alicyclic amines) is 1. The molecule has 0 spiro atoms. The van der Waals surface area contributed by atoms with E-state index in [0.717, 1.165) is 37.1 Å². The van der Waals surface area contributed by atoms with E-state index in [-0.39, 0.29) is 16.4 Å². The van der Waals surface area contributed by atoms with Gasteiger partial charge < -0.3 is 9.64 Å². The van der Waals surface area contributed by atoms with Crippen LogP contribution in [-0.2, 0) is 26.0 Å². The highest BCUT2D eigenvalue weighted by atomic mass is 32.2. The summed E-state index contributed by atoms with van der Waals surface area (Å²) in [5.41, 5.74) is 1.73. The summed E-state index contributed by atoms with van der Waals surface area (Å²) >= 11 is 0. The Morgan fingerprint density at radius 3 is 2.34 bits per heavy atom. The molecule has 29 heavy (non-hydrogen) atoms. The molecule has 6 heteroatoms. The topological polar surface area (TPSA) is 63.7 Å². The number of aryl methyl sites for hydroxylation is 1. The van der Waals surface area contributed by atoms with Crippen LogP contribution in [0.15, 0.2) is 82.7 Å². The fraction of sp³-hybridized carbons (Fsp3) is 0.261. The van der Waals surface area contributed by atoms with Gasteiger partial charge in [0.15, 0.2) is 4.91 Å². The van der Waals surface area contributed by atoms with Crippen LogP contribution in [0.5, 0.6) is 0 Å². The van der Waals surface area contributed by atoms with Gasteiger partial charge in [0.2, 0.25) is 9.84 Å². The normalized spacial score (nSPS) is 15.1. The third kappa shape index (κ3) is 5.57. The number of carbonyl (C=O) groups is 1. The summed E-state index contributed by atoms with van der Waals surface area (Å²) in [7, 11) is -4.00. The Labute approximate surface area is 172 Å². The second kappa shape index (κ2) is 9.56. The predicted molar refractivity (Wildman–Crippen MR) is 113 cm³/mol. The molecule has 5 nitrogen and oxygen atoms in total. The Balaban J connectivity index is 1.85. The molecule has 1 heterocycles. The third-order valence-electron chi connectivity index (χ3n) is 4.72. The van der Waals surface area contributed by atoms with Gasteiger partial charge in [0.25, 0.3) is 0 Å². The molecule has 0 radical (unpaired) electrons. The summed E-state index contributed by atoms with van der Waals surface area (Å²) in [5, 5.41) is 0. The fourth-order valence-corrected chi connectivity index (χ4v) is 4.33. The molecule has 152 valence electrons. The summed E-state index contributed by atoms with van der Waals surface area (Å²) in [6.45, 7) is 3.75. The minimum absolute atomic E-state index is 0.0102. The number of ether oxygens (including phenoxy) is 1. The van der Waals surface area contributed by atoms with Gasteiger partial charge in [-0.05, 0) is 55.8 Å². The predicted octanol–water partition coefficient (Wildman–Crippen LogP) is 4.01. The molecule has 0 saturated carbocycles. The second-order valence-corrected chi connectivity index (χ2v) is 8.91. The molecule has 0 bridgehead atoms. The zero-order valence-electron chi connectivity index (χ0n) is 16.5. The maximum Gasteiger partial charge on any atom is 0.350 e. The van der Waals surface area contributed by atoms with Gasteiger partial charge in [-0.1, -0.05) is 48.0 Å². The molecule has 2 aromatic rings. The van der Waals surface area contributed by atoms with Crippen LogP contribution in [0.2, 0.25) is 0 Å². The average molecular weight is 412 g/mol. The molecule has 0 aliphatic carbocycles. The summed E-state index contributed by atoms with van der Waals surface area (Å²) in [6, 6.07) is 15.6. The van der Waals surface area contributed by atoms with Gasteiger partial charge in [-0.2, -0.15) is 0 Å². The summed E-state index contributed by atoms with van der Waals surface area (Å²) < 4.78 is 31.5. The first-order valence-corrected chi connectivity index (χ1v) is 11.1. The highest BCUT2D eigenvalue weighted by Gasteiger charge is 2.28. The molecule has 1 aliphatic heterocycles. The van der Waals surface area contributed by atoms with Crippen molar-refractivity contribution in [2.45, 2.75) is 31.3 Å². The maximum absolute atomic E-state index is 13.1. The number of benzene rings is 2. The van der Waals surface area contributed by atoms with Crippen molar-refractivity contribution in [3.05, 3.63) is 89.0 Å². The number of hydrogen-bond donors (Lipinski definition) is 0. The summed E-state index contributed by atoms with van der Waals surface area (Å²) in [6.07, 6.45) is 6.99. The summed E-state index contributed by atoms with van der Waals surface area (Å²) in [4.78, 5) is 14.5. The molecule has 0 atom stereocenters. The smallest absolute Gasteiger partial charge is 0.350 e. The van der Waals surface area contributed by atoms with E-state index in [2.05, 4.69) is 4.90 Å².